The molecule has 2 atom stereocenters. The third-order valence-corrected chi connectivity index (χ3v) is 1.62. The fourth-order valence-corrected chi connectivity index (χ4v) is 1.08. The molecule has 4 nitrogen and oxygen atoms in total. The van der Waals surface area contributed by atoms with Gasteiger partial charge in [0.2, 0.25) is 0 Å². The van der Waals surface area contributed by atoms with Crippen molar-refractivity contribution in [2.75, 3.05) is 6.54 Å². The lowest BCUT2D eigenvalue weighted by atomic mass is 10.2. The van der Waals surface area contributed by atoms with Gasteiger partial charge in [-0.3, -0.25) is 4.79 Å². The predicted molar refractivity (Wildman–Crippen MR) is 37.7 cm³/mol. The van der Waals surface area contributed by atoms with Crippen molar-refractivity contribution in [2.24, 2.45) is 0 Å². The number of ether oxygens (including phenoxy) is 1. The summed E-state index contributed by atoms with van der Waals surface area (Å²) < 4.78 is 4.79. The second-order valence-corrected chi connectivity index (χ2v) is 2.39. The molecule has 0 bridgehead atoms. The van der Waals surface area contributed by atoms with Gasteiger partial charge in [-0.05, 0) is 0 Å². The molecule has 1 aliphatic heterocycles. The standard InChI is InChI=1S/C7H9NO3/c1-2-11-5-3-6(7(9)10)8-4-5/h1,5-6,8H,3-4H2,(H,9,10). The topological polar surface area (TPSA) is 58.6 Å². The van der Waals surface area contributed by atoms with E-state index in [0.717, 1.165) is 0 Å². The van der Waals surface area contributed by atoms with E-state index in [0.29, 0.717) is 13.0 Å². The highest BCUT2D eigenvalue weighted by molar-refractivity contribution is 5.73. The van der Waals surface area contributed by atoms with Gasteiger partial charge in [-0.2, -0.15) is 0 Å². The Morgan fingerprint density at radius 1 is 1.82 bits per heavy atom. The fraction of sp³-hybridized carbons (Fsp3) is 0.571. The highest BCUT2D eigenvalue weighted by atomic mass is 16.5. The summed E-state index contributed by atoms with van der Waals surface area (Å²) in [5.74, 6) is -0.854. The van der Waals surface area contributed by atoms with E-state index in [4.69, 9.17) is 16.3 Å². The number of rotatable bonds is 2. The molecule has 0 aromatic rings. The molecule has 11 heavy (non-hydrogen) atoms. The van der Waals surface area contributed by atoms with Crippen LogP contribution in [0.1, 0.15) is 6.42 Å². The normalized spacial score (nSPS) is 29.4. The number of carbonyl (C=O) groups is 1. The monoisotopic (exact) mass is 155 g/mol. The van der Waals surface area contributed by atoms with Gasteiger partial charge in [0.1, 0.15) is 18.3 Å². The third kappa shape index (κ3) is 1.85. The molecule has 0 spiro atoms. The van der Waals surface area contributed by atoms with Crippen LogP contribution in [-0.2, 0) is 9.53 Å². The molecule has 0 radical (unpaired) electrons. The lowest BCUT2D eigenvalue weighted by Gasteiger charge is -2.03. The van der Waals surface area contributed by atoms with Crippen molar-refractivity contribution in [1.82, 2.24) is 5.32 Å². The van der Waals surface area contributed by atoms with Crippen molar-refractivity contribution in [3.05, 3.63) is 0 Å². The third-order valence-electron chi connectivity index (χ3n) is 1.62. The maximum Gasteiger partial charge on any atom is 0.320 e. The first kappa shape index (κ1) is 7.89. The molecule has 0 amide bonds. The Morgan fingerprint density at radius 3 is 3.00 bits per heavy atom. The number of carboxylic acid groups (broad SMARTS) is 1. The summed E-state index contributed by atoms with van der Waals surface area (Å²) in [6.07, 6.45) is 7.21. The minimum Gasteiger partial charge on any atom is -0.480 e. The van der Waals surface area contributed by atoms with Gasteiger partial charge in [-0.25, -0.2) is 0 Å². The van der Waals surface area contributed by atoms with Crippen LogP contribution in [-0.4, -0.2) is 29.8 Å². The maximum absolute atomic E-state index is 10.4. The average Bonchev–Trinajstić information content (AvgIpc) is 2.37. The van der Waals surface area contributed by atoms with E-state index in [1.165, 1.54) is 0 Å². The average molecular weight is 155 g/mol. The van der Waals surface area contributed by atoms with Crippen LogP contribution in [0.25, 0.3) is 0 Å². The molecule has 60 valence electrons. The van der Waals surface area contributed by atoms with Gasteiger partial charge in [-0.1, -0.05) is 6.42 Å². The molecule has 0 aromatic heterocycles. The Hall–Kier alpha value is -1.21. The quantitative estimate of drug-likeness (QED) is 0.523. The van der Waals surface area contributed by atoms with E-state index < -0.39 is 12.0 Å². The molecule has 1 aliphatic rings. The number of hydrogen-bond donors (Lipinski definition) is 2. The summed E-state index contributed by atoms with van der Waals surface area (Å²) in [4.78, 5) is 10.4. The summed E-state index contributed by atoms with van der Waals surface area (Å²) in [6, 6.07) is -0.506. The second kappa shape index (κ2) is 3.26. The van der Waals surface area contributed by atoms with Crippen LogP contribution < -0.4 is 5.32 Å². The first-order valence-corrected chi connectivity index (χ1v) is 3.31. The van der Waals surface area contributed by atoms with Gasteiger partial charge in [0.05, 0.1) is 0 Å². The van der Waals surface area contributed by atoms with Crippen LogP contribution in [0.2, 0.25) is 0 Å². The second-order valence-electron chi connectivity index (χ2n) is 2.39. The smallest absolute Gasteiger partial charge is 0.320 e. The molecular weight excluding hydrogens is 146 g/mol. The Kier molecular flexibility index (Phi) is 2.34. The lowest BCUT2D eigenvalue weighted by Crippen LogP contribution is -2.29. The first-order valence-electron chi connectivity index (χ1n) is 3.31. The summed E-state index contributed by atoms with van der Waals surface area (Å²) in [6.45, 7) is 0.515. The Labute approximate surface area is 64.5 Å². The van der Waals surface area contributed by atoms with Crippen molar-refractivity contribution in [2.45, 2.75) is 18.6 Å². The van der Waals surface area contributed by atoms with E-state index >= 15 is 0 Å². The molecule has 2 N–H and O–H groups in total. The summed E-state index contributed by atoms with van der Waals surface area (Å²) in [5, 5.41) is 11.3. The molecule has 1 heterocycles. The lowest BCUT2D eigenvalue weighted by molar-refractivity contribution is -0.139. The maximum atomic E-state index is 10.4. The van der Waals surface area contributed by atoms with E-state index in [1.807, 2.05) is 6.11 Å². The Bertz CT molecular complexity index is 196. The number of aliphatic carboxylic acids is 1. The highest BCUT2D eigenvalue weighted by Gasteiger charge is 2.29. The molecule has 0 aliphatic carbocycles. The van der Waals surface area contributed by atoms with Crippen molar-refractivity contribution < 1.29 is 14.6 Å². The number of hydrogen-bond acceptors (Lipinski definition) is 3. The molecule has 0 saturated carbocycles. The van der Waals surface area contributed by atoms with Crippen LogP contribution >= 0.6 is 0 Å². The van der Waals surface area contributed by atoms with Gasteiger partial charge in [0.25, 0.3) is 0 Å². The zero-order chi connectivity index (χ0) is 8.27. The first-order chi connectivity index (χ1) is 5.24. The van der Waals surface area contributed by atoms with E-state index in [1.54, 1.807) is 0 Å². The fourth-order valence-electron chi connectivity index (χ4n) is 1.08. The van der Waals surface area contributed by atoms with E-state index in [2.05, 4.69) is 5.32 Å². The molecule has 4 heteroatoms. The van der Waals surface area contributed by atoms with Gasteiger partial charge < -0.3 is 15.2 Å². The van der Waals surface area contributed by atoms with Gasteiger partial charge in [0, 0.05) is 13.0 Å². The number of nitrogens with one attached hydrogen (secondary N) is 1. The van der Waals surface area contributed by atoms with Crippen molar-refractivity contribution in [3.63, 3.8) is 0 Å². The van der Waals surface area contributed by atoms with Crippen LogP contribution in [0.15, 0.2) is 0 Å². The molecular formula is C7H9NO3. The van der Waals surface area contributed by atoms with Crippen molar-refractivity contribution in [3.8, 4) is 12.5 Å². The zero-order valence-corrected chi connectivity index (χ0v) is 5.91. The van der Waals surface area contributed by atoms with Crippen LogP contribution in [0.3, 0.4) is 0 Å². The minimum atomic E-state index is -0.854. The summed E-state index contributed by atoms with van der Waals surface area (Å²) in [5.41, 5.74) is 0. The predicted octanol–water partition coefficient (Wildman–Crippen LogP) is -0.591. The minimum absolute atomic E-state index is 0.152. The largest absolute Gasteiger partial charge is 0.480 e. The van der Waals surface area contributed by atoms with Gasteiger partial charge >= 0.3 is 5.97 Å². The molecule has 1 saturated heterocycles. The SMILES string of the molecule is C#COC1CNC(C(=O)O)C1. The molecule has 1 fully saturated rings. The van der Waals surface area contributed by atoms with Gasteiger partial charge in [0.15, 0.2) is 0 Å². The Morgan fingerprint density at radius 2 is 2.55 bits per heavy atom. The van der Waals surface area contributed by atoms with Gasteiger partial charge in [-0.15, -0.1) is 0 Å². The highest BCUT2D eigenvalue weighted by Crippen LogP contribution is 2.09. The summed E-state index contributed by atoms with van der Waals surface area (Å²) >= 11 is 0. The zero-order valence-electron chi connectivity index (χ0n) is 5.91. The van der Waals surface area contributed by atoms with Crippen LogP contribution in [0.5, 0.6) is 0 Å². The van der Waals surface area contributed by atoms with E-state index in [-0.39, 0.29) is 6.10 Å². The van der Waals surface area contributed by atoms with Crippen LogP contribution in [0.4, 0.5) is 0 Å². The van der Waals surface area contributed by atoms with Crippen LogP contribution in [0, 0.1) is 12.5 Å². The Balaban J connectivity index is 2.36. The van der Waals surface area contributed by atoms with Crippen molar-refractivity contribution >= 4 is 5.97 Å². The summed E-state index contributed by atoms with van der Waals surface area (Å²) in [7, 11) is 0. The number of terminal acetylenes is 1. The number of carboxylic acids is 1. The molecule has 0 aromatic carbocycles. The van der Waals surface area contributed by atoms with Crippen molar-refractivity contribution in [1.29, 1.82) is 0 Å². The van der Waals surface area contributed by atoms with E-state index in [9.17, 15) is 4.79 Å². The molecule has 2 unspecified atom stereocenters. The molecule has 1 rings (SSSR count).